The van der Waals surface area contributed by atoms with Crippen LogP contribution in [-0.2, 0) is 0 Å². The molecule has 2 aromatic rings. The van der Waals surface area contributed by atoms with Crippen molar-refractivity contribution >= 4 is 17.4 Å². The van der Waals surface area contributed by atoms with E-state index >= 15 is 0 Å². The Bertz CT molecular complexity index is 821. The minimum atomic E-state index is -0.0854. The van der Waals surface area contributed by atoms with Crippen LogP contribution in [0.3, 0.4) is 0 Å². The van der Waals surface area contributed by atoms with Crippen molar-refractivity contribution in [1.29, 1.82) is 10.5 Å². The Morgan fingerprint density at radius 2 is 1.54 bits per heavy atom. The molecule has 1 heterocycles. The van der Waals surface area contributed by atoms with Crippen molar-refractivity contribution < 1.29 is 14.2 Å². The van der Waals surface area contributed by atoms with Gasteiger partial charge in [-0.3, -0.25) is 0 Å². The molecule has 2 N–H and O–H groups in total. The van der Waals surface area contributed by atoms with Crippen LogP contribution in [-0.4, -0.2) is 26.3 Å². The number of anilines is 1. The fraction of sp³-hybridized carbons (Fsp3) is 0.188. The molecular formula is C16H13ClN4O3. The zero-order valence-electron chi connectivity index (χ0n) is 13.2. The van der Waals surface area contributed by atoms with Gasteiger partial charge in [0.2, 0.25) is 5.75 Å². The first-order valence-electron chi connectivity index (χ1n) is 6.61. The van der Waals surface area contributed by atoms with Gasteiger partial charge in [0, 0.05) is 5.56 Å². The minimum absolute atomic E-state index is 0.0386. The summed E-state index contributed by atoms with van der Waals surface area (Å²) in [5.74, 6) is 1.05. The first kappa shape index (κ1) is 17.2. The van der Waals surface area contributed by atoms with Crippen LogP contribution in [0.2, 0.25) is 5.15 Å². The first-order valence-corrected chi connectivity index (χ1v) is 6.99. The summed E-state index contributed by atoms with van der Waals surface area (Å²) in [6.07, 6.45) is 0. The van der Waals surface area contributed by atoms with Crippen molar-refractivity contribution in [2.45, 2.75) is 0 Å². The molecule has 0 amide bonds. The Balaban J connectivity index is 2.92. The third-order valence-corrected chi connectivity index (χ3v) is 3.63. The van der Waals surface area contributed by atoms with E-state index < -0.39 is 0 Å². The number of halogens is 1. The van der Waals surface area contributed by atoms with Gasteiger partial charge in [0.1, 0.15) is 28.7 Å². The van der Waals surface area contributed by atoms with Crippen molar-refractivity contribution in [3.05, 3.63) is 28.4 Å². The molecule has 0 saturated heterocycles. The molecule has 1 aromatic heterocycles. The van der Waals surface area contributed by atoms with E-state index in [2.05, 4.69) is 4.98 Å². The standard InChI is InChI=1S/C16H13ClN4O3/c1-22-11-4-8(5-12(23-2)14(11)24-3)13-9(6-18)15(17)21-16(20)10(13)7-19/h4-5H,1-3H3,(H2,20,21). The van der Waals surface area contributed by atoms with Gasteiger partial charge in [-0.1, -0.05) is 11.6 Å². The minimum Gasteiger partial charge on any atom is -0.493 e. The van der Waals surface area contributed by atoms with Crippen LogP contribution >= 0.6 is 11.6 Å². The lowest BCUT2D eigenvalue weighted by molar-refractivity contribution is 0.324. The number of hydrogen-bond donors (Lipinski definition) is 1. The highest BCUT2D eigenvalue weighted by Crippen LogP contribution is 2.43. The number of nitrogens with two attached hydrogens (primary N) is 1. The number of ether oxygens (including phenoxy) is 3. The second kappa shape index (κ2) is 6.95. The third-order valence-electron chi connectivity index (χ3n) is 3.36. The molecule has 0 bridgehead atoms. The summed E-state index contributed by atoms with van der Waals surface area (Å²) in [5.41, 5.74) is 6.59. The van der Waals surface area contributed by atoms with Crippen molar-refractivity contribution in [2.75, 3.05) is 27.1 Å². The summed E-state index contributed by atoms with van der Waals surface area (Å²) in [5, 5.41) is 18.7. The molecule has 0 aliphatic rings. The number of aromatic nitrogens is 1. The Morgan fingerprint density at radius 3 is 1.96 bits per heavy atom. The van der Waals surface area contributed by atoms with E-state index in [1.807, 2.05) is 12.1 Å². The molecule has 0 spiro atoms. The number of rotatable bonds is 4. The lowest BCUT2D eigenvalue weighted by Crippen LogP contribution is -2.03. The van der Waals surface area contributed by atoms with Gasteiger partial charge in [0.05, 0.1) is 26.9 Å². The lowest BCUT2D eigenvalue weighted by Gasteiger charge is -2.16. The number of hydrogen-bond acceptors (Lipinski definition) is 7. The van der Waals surface area contributed by atoms with Crippen LogP contribution in [0, 0.1) is 22.7 Å². The quantitative estimate of drug-likeness (QED) is 0.848. The number of nitrogens with zero attached hydrogens (tertiary/aromatic N) is 3. The number of nitriles is 2. The first-order chi connectivity index (χ1) is 11.5. The molecule has 7 nitrogen and oxygen atoms in total. The molecule has 0 aliphatic carbocycles. The molecule has 0 saturated carbocycles. The van der Waals surface area contributed by atoms with Gasteiger partial charge >= 0.3 is 0 Å². The van der Waals surface area contributed by atoms with Crippen LogP contribution in [0.25, 0.3) is 11.1 Å². The second-order valence-electron chi connectivity index (χ2n) is 4.55. The van der Waals surface area contributed by atoms with Crippen LogP contribution in [0.5, 0.6) is 17.2 Å². The summed E-state index contributed by atoms with van der Waals surface area (Å²) < 4.78 is 15.9. The molecule has 8 heteroatoms. The van der Waals surface area contributed by atoms with Crippen molar-refractivity contribution in [2.24, 2.45) is 0 Å². The molecule has 2 rings (SSSR count). The van der Waals surface area contributed by atoms with Crippen LogP contribution in [0.1, 0.15) is 11.1 Å². The maximum atomic E-state index is 9.42. The summed E-state index contributed by atoms with van der Waals surface area (Å²) in [7, 11) is 4.40. The normalized spacial score (nSPS) is 9.75. The van der Waals surface area contributed by atoms with E-state index in [-0.39, 0.29) is 27.7 Å². The third kappa shape index (κ3) is 2.73. The Kier molecular flexibility index (Phi) is 4.98. The van der Waals surface area contributed by atoms with Crippen molar-refractivity contribution in [3.63, 3.8) is 0 Å². The van der Waals surface area contributed by atoms with E-state index in [1.54, 1.807) is 12.1 Å². The van der Waals surface area contributed by atoms with Gasteiger partial charge < -0.3 is 19.9 Å². The van der Waals surface area contributed by atoms with Crippen molar-refractivity contribution in [1.82, 2.24) is 4.98 Å². The van der Waals surface area contributed by atoms with Gasteiger partial charge in [-0.25, -0.2) is 4.98 Å². The average Bonchev–Trinajstić information content (AvgIpc) is 2.59. The maximum Gasteiger partial charge on any atom is 0.203 e. The number of nitrogen functional groups attached to an aromatic ring is 1. The number of benzene rings is 1. The molecule has 0 aliphatic heterocycles. The van der Waals surface area contributed by atoms with Crippen LogP contribution in [0.4, 0.5) is 5.82 Å². The van der Waals surface area contributed by atoms with E-state index in [9.17, 15) is 10.5 Å². The highest BCUT2D eigenvalue weighted by atomic mass is 35.5. The summed E-state index contributed by atoms with van der Waals surface area (Å²) in [6, 6.07) is 7.12. The molecule has 122 valence electrons. The van der Waals surface area contributed by atoms with E-state index in [4.69, 9.17) is 31.5 Å². The van der Waals surface area contributed by atoms with Gasteiger partial charge in [-0.05, 0) is 17.7 Å². The van der Waals surface area contributed by atoms with Gasteiger partial charge in [0.25, 0.3) is 0 Å². The molecule has 24 heavy (non-hydrogen) atoms. The highest BCUT2D eigenvalue weighted by Gasteiger charge is 2.22. The van der Waals surface area contributed by atoms with E-state index in [1.165, 1.54) is 21.3 Å². The topological polar surface area (TPSA) is 114 Å². The zero-order valence-corrected chi connectivity index (χ0v) is 13.9. The molecular weight excluding hydrogens is 332 g/mol. The fourth-order valence-electron chi connectivity index (χ4n) is 2.30. The highest BCUT2D eigenvalue weighted by molar-refractivity contribution is 6.31. The molecule has 0 atom stereocenters. The summed E-state index contributed by atoms with van der Waals surface area (Å²) in [6.45, 7) is 0. The van der Waals surface area contributed by atoms with Gasteiger partial charge in [-0.15, -0.1) is 0 Å². The lowest BCUT2D eigenvalue weighted by atomic mass is 9.96. The number of methoxy groups -OCH3 is 3. The predicted octanol–water partition coefficient (Wildman–Crippen LogP) is 2.75. The number of pyridine rings is 1. The van der Waals surface area contributed by atoms with Crippen LogP contribution < -0.4 is 19.9 Å². The maximum absolute atomic E-state index is 9.42. The molecule has 0 unspecified atom stereocenters. The van der Waals surface area contributed by atoms with Gasteiger partial charge in [-0.2, -0.15) is 10.5 Å². The molecule has 0 radical (unpaired) electrons. The summed E-state index contributed by atoms with van der Waals surface area (Å²) in [4.78, 5) is 3.83. The Labute approximate surface area is 143 Å². The summed E-state index contributed by atoms with van der Waals surface area (Å²) >= 11 is 6.01. The predicted molar refractivity (Wildman–Crippen MR) is 88.2 cm³/mol. The van der Waals surface area contributed by atoms with E-state index in [0.29, 0.717) is 22.8 Å². The van der Waals surface area contributed by atoms with Gasteiger partial charge in [0.15, 0.2) is 11.5 Å². The van der Waals surface area contributed by atoms with E-state index in [0.717, 1.165) is 0 Å². The zero-order chi connectivity index (χ0) is 17.9. The SMILES string of the molecule is COc1cc(-c2c(C#N)c(N)nc(Cl)c2C#N)cc(OC)c1OC. The second-order valence-corrected chi connectivity index (χ2v) is 4.91. The monoisotopic (exact) mass is 344 g/mol. The van der Waals surface area contributed by atoms with Crippen molar-refractivity contribution in [3.8, 4) is 40.5 Å². The molecule has 1 aromatic carbocycles. The largest absolute Gasteiger partial charge is 0.493 e. The smallest absolute Gasteiger partial charge is 0.203 e. The average molecular weight is 345 g/mol. The van der Waals surface area contributed by atoms with Crippen LogP contribution in [0.15, 0.2) is 12.1 Å². The fourth-order valence-corrected chi connectivity index (χ4v) is 2.53. The Morgan fingerprint density at radius 1 is 1.00 bits per heavy atom. The Hall–Kier alpha value is -3.16. The molecule has 0 fully saturated rings.